The Morgan fingerprint density at radius 3 is 2.31 bits per heavy atom. The van der Waals surface area contributed by atoms with Crippen molar-refractivity contribution >= 4 is 10.9 Å². The molecule has 0 aliphatic heterocycles. The Balaban J connectivity index is 3.19. The van der Waals surface area contributed by atoms with Crippen LogP contribution in [0.2, 0.25) is 0 Å². The van der Waals surface area contributed by atoms with Crippen LogP contribution in [0.5, 0.6) is 5.75 Å². The van der Waals surface area contributed by atoms with Gasteiger partial charge in [0.05, 0.1) is 12.0 Å². The van der Waals surface area contributed by atoms with Crippen molar-refractivity contribution in [3.05, 3.63) is 23.8 Å². The summed E-state index contributed by atoms with van der Waals surface area (Å²) in [6, 6.07) is 4.74. The molecule has 0 fully saturated rings. The van der Waals surface area contributed by atoms with Crippen molar-refractivity contribution in [1.82, 2.24) is 0 Å². The van der Waals surface area contributed by atoms with Gasteiger partial charge in [0.25, 0.3) is 0 Å². The summed E-state index contributed by atoms with van der Waals surface area (Å²) < 4.78 is 32.0. The first-order chi connectivity index (χ1) is 5.95. The van der Waals surface area contributed by atoms with E-state index in [-0.39, 0.29) is 4.90 Å². The number of benzene rings is 1. The van der Waals surface area contributed by atoms with E-state index in [4.69, 9.17) is 18.4 Å². The zero-order chi connectivity index (χ0) is 10.1. The Morgan fingerprint density at radius 1 is 1.23 bits per heavy atom. The fourth-order valence-electron chi connectivity index (χ4n) is 1.00. The number of rotatable bonds is 2. The van der Waals surface area contributed by atoms with Gasteiger partial charge >= 0.3 is 0 Å². The van der Waals surface area contributed by atoms with E-state index in [1.165, 1.54) is 13.2 Å². The van der Waals surface area contributed by atoms with Crippen LogP contribution < -0.4 is 4.74 Å². The predicted octanol–water partition coefficient (Wildman–Crippen LogP) is 2.59. The van der Waals surface area contributed by atoms with E-state index in [2.05, 4.69) is 0 Å². The van der Waals surface area contributed by atoms with Crippen molar-refractivity contribution in [1.29, 1.82) is 0 Å². The Morgan fingerprint density at radius 2 is 1.85 bits per heavy atom. The van der Waals surface area contributed by atoms with Crippen LogP contribution in [0.4, 0.5) is 0 Å². The smallest absolute Gasteiger partial charge is 0.120 e. The number of hydrogen-bond donors (Lipinski definition) is 3. The van der Waals surface area contributed by atoms with Gasteiger partial charge in [-0.25, -0.2) is 0 Å². The lowest BCUT2D eigenvalue weighted by Gasteiger charge is -2.21. The molecule has 1 aromatic carbocycles. The van der Waals surface area contributed by atoms with E-state index in [0.29, 0.717) is 11.3 Å². The molecule has 13 heavy (non-hydrogen) atoms. The van der Waals surface area contributed by atoms with Crippen molar-refractivity contribution in [3.8, 4) is 5.75 Å². The molecule has 0 aliphatic rings. The second kappa shape index (κ2) is 3.55. The SMILES string of the molecule is COc1ccc(C)c(S(O)(O)O)c1. The van der Waals surface area contributed by atoms with Crippen LogP contribution in [-0.4, -0.2) is 20.8 Å². The van der Waals surface area contributed by atoms with Crippen molar-refractivity contribution in [2.24, 2.45) is 0 Å². The molecule has 0 saturated heterocycles. The maximum Gasteiger partial charge on any atom is 0.120 e. The zero-order valence-corrected chi connectivity index (χ0v) is 8.21. The Kier molecular flexibility index (Phi) is 2.82. The summed E-state index contributed by atoms with van der Waals surface area (Å²) in [5.41, 5.74) is 0.614. The normalized spacial score (nSPS) is 12.7. The third-order valence-corrected chi connectivity index (χ3v) is 2.72. The quantitative estimate of drug-likeness (QED) is 0.692. The highest BCUT2D eigenvalue weighted by atomic mass is 32.3. The van der Waals surface area contributed by atoms with E-state index in [1.807, 2.05) is 0 Å². The van der Waals surface area contributed by atoms with Gasteiger partial charge < -0.3 is 18.4 Å². The Labute approximate surface area is 78.3 Å². The molecule has 0 saturated carbocycles. The lowest BCUT2D eigenvalue weighted by atomic mass is 10.2. The molecule has 0 aliphatic carbocycles. The van der Waals surface area contributed by atoms with Crippen molar-refractivity contribution < 1.29 is 18.4 Å². The van der Waals surface area contributed by atoms with Gasteiger partial charge in [0, 0.05) is 0 Å². The van der Waals surface area contributed by atoms with Crippen molar-refractivity contribution in [2.75, 3.05) is 7.11 Å². The molecule has 0 bridgehead atoms. The van der Waals surface area contributed by atoms with Crippen molar-refractivity contribution in [2.45, 2.75) is 11.8 Å². The molecule has 0 heterocycles. The van der Waals surface area contributed by atoms with Crippen molar-refractivity contribution in [3.63, 3.8) is 0 Å². The molecule has 0 aromatic heterocycles. The molecular weight excluding hydrogens is 192 g/mol. The molecule has 74 valence electrons. The number of methoxy groups -OCH3 is 1. The zero-order valence-electron chi connectivity index (χ0n) is 7.39. The fourth-order valence-corrected chi connectivity index (χ4v) is 1.78. The van der Waals surface area contributed by atoms with E-state index < -0.39 is 10.9 Å². The molecule has 0 amide bonds. The fraction of sp³-hybridized carbons (Fsp3) is 0.250. The minimum atomic E-state index is -3.65. The van der Waals surface area contributed by atoms with Crippen LogP contribution in [0.15, 0.2) is 23.1 Å². The highest BCUT2D eigenvalue weighted by molar-refractivity contribution is 8.19. The summed E-state index contributed by atoms with van der Waals surface area (Å²) in [5, 5.41) is 0. The maximum atomic E-state index is 9.03. The minimum absolute atomic E-state index is 0.104. The summed E-state index contributed by atoms with van der Waals surface area (Å²) in [4.78, 5) is 0.104. The van der Waals surface area contributed by atoms with Crippen LogP contribution in [0.3, 0.4) is 0 Å². The second-order valence-electron chi connectivity index (χ2n) is 2.65. The molecule has 5 heteroatoms. The summed E-state index contributed by atoms with van der Waals surface area (Å²) in [7, 11) is -2.18. The standard InChI is InChI=1S/C8H12O4S/c1-6-3-4-7(12-2)5-8(6)13(9,10)11/h3-5,9-11H,1-2H3. The third-order valence-electron chi connectivity index (χ3n) is 1.69. The maximum absolute atomic E-state index is 9.03. The van der Waals surface area contributed by atoms with Gasteiger partial charge in [-0.3, -0.25) is 0 Å². The molecule has 0 atom stereocenters. The van der Waals surface area contributed by atoms with Gasteiger partial charge in [-0.2, -0.15) is 0 Å². The molecule has 1 aromatic rings. The topological polar surface area (TPSA) is 69.9 Å². The monoisotopic (exact) mass is 204 g/mol. The highest BCUT2D eigenvalue weighted by Crippen LogP contribution is 2.46. The molecule has 0 spiro atoms. The van der Waals surface area contributed by atoms with Gasteiger partial charge in [-0.1, -0.05) is 6.07 Å². The second-order valence-corrected chi connectivity index (χ2v) is 4.13. The summed E-state index contributed by atoms with van der Waals surface area (Å²) in [6.45, 7) is 1.68. The third kappa shape index (κ3) is 2.35. The summed E-state index contributed by atoms with van der Waals surface area (Å²) in [6.07, 6.45) is 0. The van der Waals surface area contributed by atoms with Gasteiger partial charge in [0.2, 0.25) is 0 Å². The van der Waals surface area contributed by atoms with Crippen LogP contribution in [-0.2, 0) is 0 Å². The molecule has 4 nitrogen and oxygen atoms in total. The first kappa shape index (κ1) is 10.3. The van der Waals surface area contributed by atoms with E-state index >= 15 is 0 Å². The van der Waals surface area contributed by atoms with Crippen LogP contribution in [0.25, 0.3) is 0 Å². The molecule has 0 radical (unpaired) electrons. The van der Waals surface area contributed by atoms with Gasteiger partial charge in [0.1, 0.15) is 16.6 Å². The lowest BCUT2D eigenvalue weighted by Crippen LogP contribution is -1.98. The number of aryl methyl sites for hydroxylation is 1. The van der Waals surface area contributed by atoms with E-state index in [9.17, 15) is 0 Å². The lowest BCUT2D eigenvalue weighted by molar-refractivity contribution is 0.373. The van der Waals surface area contributed by atoms with Gasteiger partial charge in [0.15, 0.2) is 0 Å². The van der Waals surface area contributed by atoms with Gasteiger partial charge in [-0.05, 0) is 24.6 Å². The first-order valence-corrected chi connectivity index (χ1v) is 5.11. The largest absolute Gasteiger partial charge is 0.497 e. The molecular formula is C8H12O4S. The average molecular weight is 204 g/mol. The van der Waals surface area contributed by atoms with E-state index in [0.717, 1.165) is 0 Å². The van der Waals surface area contributed by atoms with Gasteiger partial charge in [-0.15, -0.1) is 0 Å². The van der Waals surface area contributed by atoms with E-state index in [1.54, 1.807) is 19.1 Å². The summed E-state index contributed by atoms with van der Waals surface area (Å²) in [5.74, 6) is 0.481. The van der Waals surface area contributed by atoms with Crippen LogP contribution in [0.1, 0.15) is 5.56 Å². The first-order valence-electron chi connectivity index (χ1n) is 3.60. The minimum Gasteiger partial charge on any atom is -0.497 e. The molecule has 0 unspecified atom stereocenters. The predicted molar refractivity (Wildman–Crippen MR) is 51.5 cm³/mol. The average Bonchev–Trinajstić information content (AvgIpc) is 2.03. The Hall–Kier alpha value is -0.750. The number of hydrogen-bond acceptors (Lipinski definition) is 4. The number of ether oxygens (including phenoxy) is 1. The van der Waals surface area contributed by atoms with Crippen LogP contribution >= 0.6 is 10.9 Å². The Bertz CT molecular complexity index is 306. The highest BCUT2D eigenvalue weighted by Gasteiger charge is 2.18. The van der Waals surface area contributed by atoms with Crippen LogP contribution in [0, 0.1) is 6.92 Å². The molecule has 3 N–H and O–H groups in total. The molecule has 1 rings (SSSR count). The summed E-state index contributed by atoms with van der Waals surface area (Å²) >= 11 is 0.